The van der Waals surface area contributed by atoms with Crippen LogP contribution < -0.4 is 5.32 Å². The maximum absolute atomic E-state index is 12.2. The molecule has 1 aliphatic heterocycles. The number of aromatic nitrogens is 3. The van der Waals surface area contributed by atoms with Crippen LogP contribution in [-0.4, -0.2) is 70.7 Å². The summed E-state index contributed by atoms with van der Waals surface area (Å²) in [7, 11) is 0. The second kappa shape index (κ2) is 12.9. The lowest BCUT2D eigenvalue weighted by Gasteiger charge is -2.26. The molecule has 0 atom stereocenters. The average molecular weight is 555 g/mol. The van der Waals surface area contributed by atoms with Crippen LogP contribution >= 0.6 is 46.6 Å². The van der Waals surface area contributed by atoms with Gasteiger partial charge >= 0.3 is 0 Å². The Labute approximate surface area is 224 Å². The third-order valence-electron chi connectivity index (χ3n) is 5.54. The van der Waals surface area contributed by atoms with Crippen LogP contribution in [0.5, 0.6) is 0 Å². The van der Waals surface area contributed by atoms with Crippen LogP contribution in [-0.2, 0) is 9.53 Å². The molecule has 0 bridgehead atoms. The van der Waals surface area contributed by atoms with Crippen molar-refractivity contribution in [3.05, 3.63) is 57.5 Å². The van der Waals surface area contributed by atoms with Crippen LogP contribution in [0.3, 0.4) is 0 Å². The van der Waals surface area contributed by atoms with E-state index in [1.54, 1.807) is 12.1 Å². The SMILES string of the molecule is O=C(CCCSc1nnc(-c2ccccc2Cl)n1-c1ccc(Cl)c(Cl)c1)NCCN1CCOCC1. The van der Waals surface area contributed by atoms with Crippen molar-refractivity contribution in [2.24, 2.45) is 0 Å². The summed E-state index contributed by atoms with van der Waals surface area (Å²) in [5, 5.41) is 14.0. The molecule has 1 N–H and O–H groups in total. The van der Waals surface area contributed by atoms with Crippen molar-refractivity contribution >= 4 is 52.5 Å². The first-order valence-corrected chi connectivity index (χ1v) is 13.5. The average Bonchev–Trinajstić information content (AvgIpc) is 3.28. The topological polar surface area (TPSA) is 72.3 Å². The molecule has 1 saturated heterocycles. The van der Waals surface area contributed by atoms with E-state index in [2.05, 4.69) is 20.4 Å². The number of carbonyl (C=O) groups excluding carboxylic acids is 1. The van der Waals surface area contributed by atoms with E-state index in [0.717, 1.165) is 44.1 Å². The van der Waals surface area contributed by atoms with E-state index in [1.165, 1.54) is 11.8 Å². The van der Waals surface area contributed by atoms with Gasteiger partial charge in [-0.15, -0.1) is 10.2 Å². The first-order chi connectivity index (χ1) is 17.0. The maximum atomic E-state index is 12.2. The van der Waals surface area contributed by atoms with E-state index in [1.807, 2.05) is 34.9 Å². The minimum atomic E-state index is 0.0570. The van der Waals surface area contributed by atoms with E-state index < -0.39 is 0 Å². The molecule has 7 nitrogen and oxygen atoms in total. The lowest BCUT2D eigenvalue weighted by molar-refractivity contribution is -0.121. The van der Waals surface area contributed by atoms with Gasteiger partial charge in [-0.3, -0.25) is 14.3 Å². The van der Waals surface area contributed by atoms with Crippen molar-refractivity contribution in [3.8, 4) is 17.1 Å². The van der Waals surface area contributed by atoms with Gasteiger partial charge < -0.3 is 10.1 Å². The van der Waals surface area contributed by atoms with Crippen LogP contribution in [0.1, 0.15) is 12.8 Å². The Bertz CT molecular complexity index is 1150. The summed E-state index contributed by atoms with van der Waals surface area (Å²) in [4.78, 5) is 14.5. The monoisotopic (exact) mass is 553 g/mol. The molecule has 2 aromatic carbocycles. The van der Waals surface area contributed by atoms with Gasteiger partial charge in [-0.2, -0.15) is 0 Å². The number of nitrogens with one attached hydrogen (secondary N) is 1. The molecule has 0 saturated carbocycles. The number of hydrogen-bond donors (Lipinski definition) is 1. The van der Waals surface area contributed by atoms with Crippen molar-refractivity contribution in [2.75, 3.05) is 45.1 Å². The van der Waals surface area contributed by atoms with E-state index in [4.69, 9.17) is 39.5 Å². The number of rotatable bonds is 10. The number of thioether (sulfide) groups is 1. The smallest absolute Gasteiger partial charge is 0.220 e. The van der Waals surface area contributed by atoms with Crippen molar-refractivity contribution in [3.63, 3.8) is 0 Å². The Balaban J connectivity index is 1.38. The number of amides is 1. The molecule has 1 aliphatic rings. The fraction of sp³-hybridized carbons (Fsp3) is 0.375. The number of nitrogens with zero attached hydrogens (tertiary/aromatic N) is 4. The van der Waals surface area contributed by atoms with Crippen LogP contribution in [0.15, 0.2) is 47.6 Å². The maximum Gasteiger partial charge on any atom is 0.220 e. The first-order valence-electron chi connectivity index (χ1n) is 11.4. The number of ether oxygens (including phenoxy) is 1. The van der Waals surface area contributed by atoms with Gasteiger partial charge in [0.25, 0.3) is 0 Å². The third-order valence-corrected chi connectivity index (χ3v) is 7.63. The third kappa shape index (κ3) is 7.12. The minimum absolute atomic E-state index is 0.0570. The lowest BCUT2D eigenvalue weighted by Crippen LogP contribution is -2.41. The molecule has 2 heterocycles. The lowest BCUT2D eigenvalue weighted by atomic mass is 10.2. The van der Waals surface area contributed by atoms with Crippen molar-refractivity contribution in [1.29, 1.82) is 0 Å². The second-order valence-corrected chi connectivity index (χ2v) is 10.3. The number of carbonyl (C=O) groups is 1. The second-order valence-electron chi connectivity index (χ2n) is 7.98. The number of benzene rings is 2. The molecule has 3 aromatic rings. The Morgan fingerprint density at radius 2 is 1.83 bits per heavy atom. The quantitative estimate of drug-likeness (QED) is 0.274. The molecule has 4 rings (SSSR count). The summed E-state index contributed by atoms with van der Waals surface area (Å²) in [5.74, 6) is 1.37. The predicted octanol–water partition coefficient (Wildman–Crippen LogP) is 5.22. The van der Waals surface area contributed by atoms with Gasteiger partial charge in [-0.05, 0) is 36.8 Å². The van der Waals surface area contributed by atoms with Gasteiger partial charge in [-0.1, -0.05) is 58.7 Å². The molecule has 0 spiro atoms. The van der Waals surface area contributed by atoms with E-state index in [9.17, 15) is 4.79 Å². The van der Waals surface area contributed by atoms with Gasteiger partial charge in [0.1, 0.15) is 0 Å². The zero-order valence-corrected chi connectivity index (χ0v) is 22.1. The fourth-order valence-electron chi connectivity index (χ4n) is 3.70. The summed E-state index contributed by atoms with van der Waals surface area (Å²) in [6.45, 7) is 4.86. The van der Waals surface area contributed by atoms with Crippen LogP contribution in [0, 0.1) is 0 Å². The summed E-state index contributed by atoms with van der Waals surface area (Å²) in [5.41, 5.74) is 1.54. The van der Waals surface area contributed by atoms with Gasteiger partial charge in [0, 0.05) is 43.9 Å². The van der Waals surface area contributed by atoms with Gasteiger partial charge in [0.2, 0.25) is 5.91 Å². The predicted molar refractivity (Wildman–Crippen MR) is 142 cm³/mol. The normalized spacial score (nSPS) is 14.3. The van der Waals surface area contributed by atoms with Gasteiger partial charge in [-0.25, -0.2) is 0 Å². The summed E-state index contributed by atoms with van der Waals surface area (Å²) in [6, 6.07) is 12.9. The Morgan fingerprint density at radius 3 is 2.60 bits per heavy atom. The zero-order valence-electron chi connectivity index (χ0n) is 19.1. The Morgan fingerprint density at radius 1 is 1.03 bits per heavy atom. The molecular formula is C24H26Cl3N5O2S. The van der Waals surface area contributed by atoms with E-state index in [0.29, 0.717) is 51.2 Å². The molecule has 1 aromatic heterocycles. The molecule has 0 aliphatic carbocycles. The molecule has 0 radical (unpaired) electrons. The molecule has 186 valence electrons. The molecular weight excluding hydrogens is 529 g/mol. The summed E-state index contributed by atoms with van der Waals surface area (Å²) < 4.78 is 7.26. The largest absolute Gasteiger partial charge is 0.379 e. The highest BCUT2D eigenvalue weighted by Gasteiger charge is 2.19. The van der Waals surface area contributed by atoms with Gasteiger partial charge in [0.05, 0.1) is 34.0 Å². The summed E-state index contributed by atoms with van der Waals surface area (Å²) >= 11 is 20.4. The number of halogens is 3. The van der Waals surface area contributed by atoms with Crippen molar-refractivity contribution in [1.82, 2.24) is 25.0 Å². The molecule has 11 heteroatoms. The highest BCUT2D eigenvalue weighted by Crippen LogP contribution is 2.34. The molecule has 0 unspecified atom stereocenters. The Kier molecular flexibility index (Phi) is 9.71. The molecule has 1 fully saturated rings. The van der Waals surface area contributed by atoms with Gasteiger partial charge in [0.15, 0.2) is 11.0 Å². The van der Waals surface area contributed by atoms with Crippen LogP contribution in [0.25, 0.3) is 17.1 Å². The highest BCUT2D eigenvalue weighted by molar-refractivity contribution is 7.99. The fourth-order valence-corrected chi connectivity index (χ4v) is 5.10. The van der Waals surface area contributed by atoms with E-state index >= 15 is 0 Å². The van der Waals surface area contributed by atoms with Crippen LogP contribution in [0.2, 0.25) is 15.1 Å². The molecule has 1 amide bonds. The minimum Gasteiger partial charge on any atom is -0.379 e. The van der Waals surface area contributed by atoms with Crippen molar-refractivity contribution < 1.29 is 9.53 Å². The van der Waals surface area contributed by atoms with Crippen LogP contribution in [0.4, 0.5) is 0 Å². The number of hydrogen-bond acceptors (Lipinski definition) is 6. The Hall–Kier alpha value is -1.81. The number of morpholine rings is 1. The standard InChI is InChI=1S/C24H26Cl3N5O2S/c25-19-5-2-1-4-18(19)23-29-30-24(32(23)17-7-8-20(26)21(27)16-17)35-15-3-6-22(33)28-9-10-31-11-13-34-14-12-31/h1-2,4-5,7-8,16H,3,6,9-15H2,(H,28,33). The first kappa shape index (κ1) is 26.3. The summed E-state index contributed by atoms with van der Waals surface area (Å²) in [6.07, 6.45) is 1.16. The molecule has 35 heavy (non-hydrogen) atoms. The van der Waals surface area contributed by atoms with Crippen molar-refractivity contribution in [2.45, 2.75) is 18.0 Å². The van der Waals surface area contributed by atoms with E-state index in [-0.39, 0.29) is 5.91 Å². The zero-order chi connectivity index (χ0) is 24.6. The highest BCUT2D eigenvalue weighted by atomic mass is 35.5.